The summed E-state index contributed by atoms with van der Waals surface area (Å²) in [7, 11) is 1.72. The van der Waals surface area contributed by atoms with Crippen molar-refractivity contribution >= 4 is 0 Å². The van der Waals surface area contributed by atoms with Gasteiger partial charge in [0.2, 0.25) is 0 Å². The van der Waals surface area contributed by atoms with Gasteiger partial charge in [-0.05, 0) is 45.1 Å². The van der Waals surface area contributed by atoms with Crippen molar-refractivity contribution in [2.24, 2.45) is 0 Å². The van der Waals surface area contributed by atoms with E-state index < -0.39 is 0 Å². The minimum atomic E-state index is 0.793. The fourth-order valence-electron chi connectivity index (χ4n) is 2.06. The average Bonchev–Trinajstić information content (AvgIpc) is 2.38. The lowest BCUT2D eigenvalue weighted by atomic mass is 9.97. The Balaban J connectivity index is 1.79. The van der Waals surface area contributed by atoms with E-state index in [0.29, 0.717) is 0 Å². The molecule has 0 aromatic heterocycles. The van der Waals surface area contributed by atoms with Gasteiger partial charge in [0.25, 0.3) is 0 Å². The Kier molecular flexibility index (Phi) is 9.29. The molecule has 0 unspecified atom stereocenters. The molecule has 3 nitrogen and oxygen atoms in total. The second-order valence-corrected chi connectivity index (χ2v) is 4.57. The molecule has 3 heteroatoms. The summed E-state index contributed by atoms with van der Waals surface area (Å²) in [6, 6.07) is 0. The van der Waals surface area contributed by atoms with Gasteiger partial charge in [0.05, 0.1) is 6.61 Å². The van der Waals surface area contributed by atoms with E-state index in [-0.39, 0.29) is 0 Å². The molecule has 17 heavy (non-hydrogen) atoms. The SMILES string of the molecule is COCCCOCCNCCC1=CCCCC1. The first-order valence-electron chi connectivity index (χ1n) is 6.89. The molecule has 0 aliphatic heterocycles. The molecular weight excluding hydrogens is 214 g/mol. The van der Waals surface area contributed by atoms with Gasteiger partial charge >= 0.3 is 0 Å². The van der Waals surface area contributed by atoms with Gasteiger partial charge in [0, 0.05) is 26.9 Å². The van der Waals surface area contributed by atoms with Crippen molar-refractivity contribution in [3.63, 3.8) is 0 Å². The van der Waals surface area contributed by atoms with Gasteiger partial charge in [-0.15, -0.1) is 0 Å². The fourth-order valence-corrected chi connectivity index (χ4v) is 2.06. The molecule has 0 aromatic carbocycles. The fraction of sp³-hybridized carbons (Fsp3) is 0.857. The molecule has 100 valence electrons. The molecule has 0 saturated heterocycles. The standard InChI is InChI=1S/C14H27NO2/c1-16-11-5-12-17-13-10-15-9-8-14-6-3-2-4-7-14/h6,15H,2-5,7-13H2,1H3. The smallest absolute Gasteiger partial charge is 0.0590 e. The molecule has 1 aliphatic carbocycles. The van der Waals surface area contributed by atoms with Crippen LogP contribution in [0.5, 0.6) is 0 Å². The number of hydrogen-bond donors (Lipinski definition) is 1. The normalized spacial score (nSPS) is 15.9. The van der Waals surface area contributed by atoms with E-state index in [2.05, 4.69) is 11.4 Å². The number of methoxy groups -OCH3 is 1. The van der Waals surface area contributed by atoms with Crippen LogP contribution in [0.15, 0.2) is 11.6 Å². The second kappa shape index (κ2) is 10.8. The topological polar surface area (TPSA) is 30.5 Å². The minimum Gasteiger partial charge on any atom is -0.385 e. The van der Waals surface area contributed by atoms with Crippen LogP contribution in [0.2, 0.25) is 0 Å². The Morgan fingerprint density at radius 2 is 2.12 bits per heavy atom. The largest absolute Gasteiger partial charge is 0.385 e. The van der Waals surface area contributed by atoms with Gasteiger partial charge in [0.1, 0.15) is 0 Å². The Morgan fingerprint density at radius 3 is 2.88 bits per heavy atom. The van der Waals surface area contributed by atoms with E-state index in [9.17, 15) is 0 Å². The van der Waals surface area contributed by atoms with Crippen molar-refractivity contribution in [3.05, 3.63) is 11.6 Å². The summed E-state index contributed by atoms with van der Waals surface area (Å²) in [4.78, 5) is 0. The molecule has 0 aromatic rings. The van der Waals surface area contributed by atoms with Crippen molar-refractivity contribution in [1.82, 2.24) is 5.32 Å². The Hall–Kier alpha value is -0.380. The third kappa shape index (κ3) is 8.36. The number of ether oxygens (including phenoxy) is 2. The second-order valence-electron chi connectivity index (χ2n) is 4.57. The first kappa shape index (κ1) is 14.7. The first-order valence-corrected chi connectivity index (χ1v) is 6.89. The van der Waals surface area contributed by atoms with E-state index >= 15 is 0 Å². The van der Waals surface area contributed by atoms with Crippen LogP contribution < -0.4 is 5.32 Å². The highest BCUT2D eigenvalue weighted by Crippen LogP contribution is 2.19. The van der Waals surface area contributed by atoms with Crippen molar-refractivity contribution in [2.45, 2.75) is 38.5 Å². The molecule has 0 atom stereocenters. The van der Waals surface area contributed by atoms with Crippen molar-refractivity contribution < 1.29 is 9.47 Å². The lowest BCUT2D eigenvalue weighted by Gasteiger charge is -2.12. The van der Waals surface area contributed by atoms with Crippen molar-refractivity contribution in [1.29, 1.82) is 0 Å². The lowest BCUT2D eigenvalue weighted by Crippen LogP contribution is -2.21. The van der Waals surface area contributed by atoms with Crippen LogP contribution in [0.3, 0.4) is 0 Å². The maximum atomic E-state index is 5.47. The zero-order valence-electron chi connectivity index (χ0n) is 11.2. The van der Waals surface area contributed by atoms with Crippen LogP contribution in [0, 0.1) is 0 Å². The summed E-state index contributed by atoms with van der Waals surface area (Å²) in [6.07, 6.45) is 9.99. The summed E-state index contributed by atoms with van der Waals surface area (Å²) < 4.78 is 10.4. The van der Waals surface area contributed by atoms with Crippen LogP contribution in [0.25, 0.3) is 0 Å². The van der Waals surface area contributed by atoms with Crippen molar-refractivity contribution in [3.8, 4) is 0 Å². The third-order valence-electron chi connectivity index (χ3n) is 3.07. The van der Waals surface area contributed by atoms with Crippen LogP contribution in [-0.2, 0) is 9.47 Å². The summed E-state index contributed by atoms with van der Waals surface area (Å²) in [5.41, 5.74) is 1.64. The maximum absolute atomic E-state index is 5.47. The number of hydrogen-bond acceptors (Lipinski definition) is 3. The molecule has 0 bridgehead atoms. The maximum Gasteiger partial charge on any atom is 0.0590 e. The van der Waals surface area contributed by atoms with E-state index in [1.54, 1.807) is 12.7 Å². The van der Waals surface area contributed by atoms with Crippen LogP contribution in [-0.4, -0.2) is 40.0 Å². The molecule has 0 fully saturated rings. The van der Waals surface area contributed by atoms with Gasteiger partial charge in [-0.25, -0.2) is 0 Å². The van der Waals surface area contributed by atoms with Crippen molar-refractivity contribution in [2.75, 3.05) is 40.0 Å². The van der Waals surface area contributed by atoms with Gasteiger partial charge in [-0.2, -0.15) is 0 Å². The third-order valence-corrected chi connectivity index (χ3v) is 3.07. The summed E-state index contributed by atoms with van der Waals surface area (Å²) in [5, 5.41) is 3.43. The molecule has 0 radical (unpaired) electrons. The van der Waals surface area contributed by atoms with Gasteiger partial charge in [0.15, 0.2) is 0 Å². The highest BCUT2D eigenvalue weighted by atomic mass is 16.5. The Morgan fingerprint density at radius 1 is 1.18 bits per heavy atom. The predicted octanol–water partition coefficient (Wildman–Crippen LogP) is 2.52. The molecule has 1 rings (SSSR count). The molecular formula is C14H27NO2. The number of rotatable bonds is 10. The van der Waals surface area contributed by atoms with E-state index in [4.69, 9.17) is 9.47 Å². The summed E-state index contributed by atoms with van der Waals surface area (Å²) in [5.74, 6) is 0. The zero-order chi connectivity index (χ0) is 12.2. The van der Waals surface area contributed by atoms with Crippen LogP contribution >= 0.6 is 0 Å². The monoisotopic (exact) mass is 241 g/mol. The predicted molar refractivity (Wildman–Crippen MR) is 71.3 cm³/mol. The Bertz CT molecular complexity index is 204. The van der Waals surface area contributed by atoms with E-state index in [0.717, 1.165) is 39.3 Å². The minimum absolute atomic E-state index is 0.793. The summed E-state index contributed by atoms with van der Waals surface area (Å²) in [6.45, 7) is 4.46. The first-order chi connectivity index (χ1) is 8.43. The lowest BCUT2D eigenvalue weighted by molar-refractivity contribution is 0.104. The van der Waals surface area contributed by atoms with E-state index in [1.807, 2.05) is 0 Å². The molecule has 1 aliphatic rings. The molecule has 0 amide bonds. The highest BCUT2D eigenvalue weighted by Gasteiger charge is 2.02. The van der Waals surface area contributed by atoms with Crippen LogP contribution in [0.4, 0.5) is 0 Å². The van der Waals surface area contributed by atoms with Gasteiger partial charge in [-0.3, -0.25) is 0 Å². The van der Waals surface area contributed by atoms with E-state index in [1.165, 1.54) is 32.1 Å². The number of nitrogens with one attached hydrogen (secondary N) is 1. The average molecular weight is 241 g/mol. The summed E-state index contributed by atoms with van der Waals surface area (Å²) >= 11 is 0. The van der Waals surface area contributed by atoms with Crippen LogP contribution in [0.1, 0.15) is 38.5 Å². The molecule has 0 spiro atoms. The molecule has 1 N–H and O–H groups in total. The zero-order valence-corrected chi connectivity index (χ0v) is 11.2. The molecule has 0 heterocycles. The number of allylic oxidation sites excluding steroid dienone is 1. The molecule has 0 saturated carbocycles. The Labute approximate surface area is 106 Å². The van der Waals surface area contributed by atoms with Gasteiger partial charge in [-0.1, -0.05) is 11.6 Å². The quantitative estimate of drug-likeness (QED) is 0.471. The van der Waals surface area contributed by atoms with Gasteiger partial charge < -0.3 is 14.8 Å². The highest BCUT2D eigenvalue weighted by molar-refractivity contribution is 5.05.